The third-order valence-electron chi connectivity index (χ3n) is 4.29. The van der Waals surface area contributed by atoms with E-state index in [4.69, 9.17) is 5.73 Å². The van der Waals surface area contributed by atoms with Crippen LogP contribution in [0.5, 0.6) is 0 Å². The summed E-state index contributed by atoms with van der Waals surface area (Å²) >= 11 is 0. The number of hydrogen-bond acceptors (Lipinski definition) is 3. The third kappa shape index (κ3) is 4.05. The van der Waals surface area contributed by atoms with Gasteiger partial charge >= 0.3 is 0 Å². The second kappa shape index (κ2) is 7.38. The van der Waals surface area contributed by atoms with Crippen molar-refractivity contribution in [2.75, 3.05) is 19.6 Å². The van der Waals surface area contributed by atoms with E-state index >= 15 is 0 Å². The van der Waals surface area contributed by atoms with Gasteiger partial charge < -0.3 is 5.73 Å². The number of nitrogens with zero attached hydrogens (tertiary/aromatic N) is 1. The number of piperidine rings is 1. The maximum atomic E-state index is 12.7. The van der Waals surface area contributed by atoms with E-state index in [0.717, 1.165) is 37.7 Å². The Kier molecular flexibility index (Phi) is 5.79. The van der Waals surface area contributed by atoms with Crippen molar-refractivity contribution in [3.63, 3.8) is 0 Å². The Morgan fingerprint density at radius 2 is 2.00 bits per heavy atom. The summed E-state index contributed by atoms with van der Waals surface area (Å²) in [5.41, 5.74) is 6.64. The molecule has 1 aromatic rings. The van der Waals surface area contributed by atoms with Crippen LogP contribution in [0.25, 0.3) is 0 Å². The lowest BCUT2D eigenvalue weighted by Gasteiger charge is -2.31. The van der Waals surface area contributed by atoms with Gasteiger partial charge in [-0.15, -0.1) is 0 Å². The Labute approximate surface area is 128 Å². The van der Waals surface area contributed by atoms with Gasteiger partial charge in [-0.05, 0) is 55.8 Å². The molecule has 1 fully saturated rings. The number of sulfonamides is 1. The Hall–Kier alpha value is -0.910. The summed E-state index contributed by atoms with van der Waals surface area (Å²) in [6.07, 6.45) is 4.98. The number of aryl methyl sites for hydroxylation is 1. The highest BCUT2D eigenvalue weighted by molar-refractivity contribution is 7.89. The Balaban J connectivity index is 2.11. The van der Waals surface area contributed by atoms with Crippen LogP contribution >= 0.6 is 0 Å². The van der Waals surface area contributed by atoms with Gasteiger partial charge in [0.05, 0.1) is 4.90 Å². The summed E-state index contributed by atoms with van der Waals surface area (Å²) < 4.78 is 27.0. The summed E-state index contributed by atoms with van der Waals surface area (Å²) in [4.78, 5) is 0.413. The van der Waals surface area contributed by atoms with Crippen molar-refractivity contribution in [1.82, 2.24) is 4.31 Å². The fraction of sp³-hybridized carbons (Fsp3) is 0.625. The zero-order valence-corrected chi connectivity index (χ0v) is 13.6. The van der Waals surface area contributed by atoms with E-state index in [9.17, 15) is 8.42 Å². The van der Waals surface area contributed by atoms with Crippen LogP contribution in [0.1, 0.15) is 38.2 Å². The average molecular weight is 310 g/mol. The first-order valence-electron chi connectivity index (χ1n) is 7.87. The number of benzene rings is 1. The van der Waals surface area contributed by atoms with Crippen molar-refractivity contribution in [3.05, 3.63) is 29.8 Å². The standard InChI is InChI=1S/C16H26N2O2S/c1-2-14-6-4-12-18(13-14)21(19,20)16-9-7-15(8-10-16)5-3-11-17/h7-10,14H,2-6,11-13,17H2,1H3. The zero-order valence-electron chi connectivity index (χ0n) is 12.8. The molecule has 1 unspecified atom stereocenters. The van der Waals surface area contributed by atoms with E-state index in [0.29, 0.717) is 30.4 Å². The van der Waals surface area contributed by atoms with E-state index < -0.39 is 10.0 Å². The summed E-state index contributed by atoms with van der Waals surface area (Å²) in [5.74, 6) is 0.498. The van der Waals surface area contributed by atoms with Crippen LogP contribution in [0, 0.1) is 5.92 Å². The second-order valence-electron chi connectivity index (χ2n) is 5.82. The summed E-state index contributed by atoms with van der Waals surface area (Å²) in [6.45, 7) is 4.10. The molecule has 0 bridgehead atoms. The molecule has 1 saturated heterocycles. The molecule has 0 aliphatic carbocycles. The summed E-state index contributed by atoms with van der Waals surface area (Å²) in [6, 6.07) is 7.28. The van der Waals surface area contributed by atoms with Crippen molar-refractivity contribution in [2.45, 2.75) is 43.9 Å². The van der Waals surface area contributed by atoms with Gasteiger partial charge in [-0.25, -0.2) is 8.42 Å². The van der Waals surface area contributed by atoms with Crippen molar-refractivity contribution in [3.8, 4) is 0 Å². The molecule has 0 spiro atoms. The van der Waals surface area contributed by atoms with Crippen LogP contribution < -0.4 is 5.73 Å². The fourth-order valence-corrected chi connectivity index (χ4v) is 4.42. The third-order valence-corrected chi connectivity index (χ3v) is 6.17. The highest BCUT2D eigenvalue weighted by atomic mass is 32.2. The minimum absolute atomic E-state index is 0.413. The summed E-state index contributed by atoms with van der Waals surface area (Å²) in [5, 5.41) is 0. The number of rotatable bonds is 6. The quantitative estimate of drug-likeness (QED) is 0.877. The molecular formula is C16H26N2O2S. The normalized spacial score (nSPS) is 20.6. The Morgan fingerprint density at radius 1 is 1.29 bits per heavy atom. The van der Waals surface area contributed by atoms with Gasteiger partial charge in [-0.2, -0.15) is 4.31 Å². The van der Waals surface area contributed by atoms with E-state index in [2.05, 4.69) is 6.92 Å². The van der Waals surface area contributed by atoms with Crippen LogP contribution in [-0.2, 0) is 16.4 Å². The largest absolute Gasteiger partial charge is 0.330 e. The van der Waals surface area contributed by atoms with Crippen molar-refractivity contribution < 1.29 is 8.42 Å². The first-order valence-corrected chi connectivity index (χ1v) is 9.31. The van der Waals surface area contributed by atoms with E-state index in [-0.39, 0.29) is 0 Å². The van der Waals surface area contributed by atoms with Gasteiger partial charge in [-0.1, -0.05) is 25.5 Å². The van der Waals surface area contributed by atoms with Gasteiger partial charge in [-0.3, -0.25) is 0 Å². The molecule has 2 rings (SSSR count). The van der Waals surface area contributed by atoms with Crippen LogP contribution in [0.2, 0.25) is 0 Å². The zero-order chi connectivity index (χ0) is 15.3. The molecule has 21 heavy (non-hydrogen) atoms. The van der Waals surface area contributed by atoms with Crippen LogP contribution in [-0.4, -0.2) is 32.4 Å². The first-order chi connectivity index (χ1) is 10.1. The second-order valence-corrected chi connectivity index (χ2v) is 7.75. The fourth-order valence-electron chi connectivity index (χ4n) is 2.86. The minimum atomic E-state index is -3.33. The first kappa shape index (κ1) is 16.5. The monoisotopic (exact) mass is 310 g/mol. The molecule has 4 nitrogen and oxygen atoms in total. The molecule has 0 radical (unpaired) electrons. The molecule has 0 saturated carbocycles. The topological polar surface area (TPSA) is 63.4 Å². The van der Waals surface area contributed by atoms with E-state index in [1.807, 2.05) is 12.1 Å². The van der Waals surface area contributed by atoms with Gasteiger partial charge in [0.1, 0.15) is 0 Å². The van der Waals surface area contributed by atoms with Gasteiger partial charge in [0, 0.05) is 13.1 Å². The lowest BCUT2D eigenvalue weighted by Crippen LogP contribution is -2.39. The van der Waals surface area contributed by atoms with Crippen LogP contribution in [0.15, 0.2) is 29.2 Å². The highest BCUT2D eigenvalue weighted by Crippen LogP contribution is 2.25. The lowest BCUT2D eigenvalue weighted by atomic mass is 9.97. The molecule has 1 atom stereocenters. The van der Waals surface area contributed by atoms with Gasteiger partial charge in [0.15, 0.2) is 0 Å². The molecule has 2 N–H and O–H groups in total. The Bertz CT molecular complexity index is 540. The van der Waals surface area contributed by atoms with Crippen molar-refractivity contribution in [1.29, 1.82) is 0 Å². The number of nitrogens with two attached hydrogens (primary N) is 1. The number of hydrogen-bond donors (Lipinski definition) is 1. The van der Waals surface area contributed by atoms with Gasteiger partial charge in [0.2, 0.25) is 10.0 Å². The highest BCUT2D eigenvalue weighted by Gasteiger charge is 2.29. The van der Waals surface area contributed by atoms with E-state index in [1.165, 1.54) is 0 Å². The van der Waals surface area contributed by atoms with E-state index in [1.54, 1.807) is 16.4 Å². The molecule has 0 aromatic heterocycles. The molecule has 1 aromatic carbocycles. The molecule has 1 aliphatic heterocycles. The van der Waals surface area contributed by atoms with Crippen LogP contribution in [0.3, 0.4) is 0 Å². The van der Waals surface area contributed by atoms with Gasteiger partial charge in [0.25, 0.3) is 0 Å². The SMILES string of the molecule is CCC1CCCN(S(=O)(=O)c2ccc(CCCN)cc2)C1. The average Bonchev–Trinajstić information content (AvgIpc) is 2.53. The maximum absolute atomic E-state index is 12.7. The maximum Gasteiger partial charge on any atom is 0.243 e. The Morgan fingerprint density at radius 3 is 2.62 bits per heavy atom. The molecule has 1 aliphatic rings. The lowest BCUT2D eigenvalue weighted by molar-refractivity contribution is 0.261. The smallest absolute Gasteiger partial charge is 0.243 e. The predicted molar refractivity (Wildman–Crippen MR) is 85.6 cm³/mol. The molecule has 118 valence electrons. The van der Waals surface area contributed by atoms with Crippen molar-refractivity contribution >= 4 is 10.0 Å². The molecule has 0 amide bonds. The minimum Gasteiger partial charge on any atom is -0.330 e. The summed E-state index contributed by atoms with van der Waals surface area (Å²) in [7, 11) is -3.33. The molecule has 5 heteroatoms. The molecular weight excluding hydrogens is 284 g/mol. The van der Waals surface area contributed by atoms with Crippen LogP contribution in [0.4, 0.5) is 0 Å². The molecule has 1 heterocycles. The predicted octanol–water partition coefficient (Wildman–Crippen LogP) is 2.39. The van der Waals surface area contributed by atoms with Crippen molar-refractivity contribution in [2.24, 2.45) is 11.7 Å².